The molecule has 0 fully saturated rings. The summed E-state index contributed by atoms with van der Waals surface area (Å²) in [6, 6.07) is 14.9. The number of anilines is 2. The van der Waals surface area contributed by atoms with Crippen LogP contribution in [0.3, 0.4) is 0 Å². The third kappa shape index (κ3) is 2.36. The predicted octanol–water partition coefficient (Wildman–Crippen LogP) is 2.71. The molecule has 3 rings (SSSR count). The number of hydrogen-bond acceptors (Lipinski definition) is 2. The fourth-order valence-corrected chi connectivity index (χ4v) is 3.70. The highest BCUT2D eigenvalue weighted by atomic mass is 32.2. The van der Waals surface area contributed by atoms with Crippen LogP contribution in [0.15, 0.2) is 48.5 Å². The zero-order valence-corrected chi connectivity index (χ0v) is 12.0. The highest BCUT2D eigenvalue weighted by Crippen LogP contribution is 2.30. The Morgan fingerprint density at radius 2 is 1.75 bits per heavy atom. The van der Waals surface area contributed by atoms with Crippen LogP contribution in [0.25, 0.3) is 0 Å². The van der Waals surface area contributed by atoms with E-state index in [9.17, 15) is 8.42 Å². The van der Waals surface area contributed by atoms with Crippen molar-refractivity contribution >= 4 is 21.6 Å². The standard InChI is InChI=1S/C15H16N2O2S/c1-12-6-8-14(9-7-12)16-20(18,19)17-11-10-13-4-2-3-5-15(13)17/h2-9,16H,10-11H2,1H3. The summed E-state index contributed by atoms with van der Waals surface area (Å²) in [7, 11) is -3.56. The lowest BCUT2D eigenvalue weighted by Gasteiger charge is -2.20. The molecule has 1 aliphatic rings. The van der Waals surface area contributed by atoms with E-state index >= 15 is 0 Å². The van der Waals surface area contributed by atoms with Gasteiger partial charge in [-0.1, -0.05) is 35.9 Å². The number of nitrogens with one attached hydrogen (secondary N) is 1. The zero-order valence-electron chi connectivity index (χ0n) is 11.2. The SMILES string of the molecule is Cc1ccc(NS(=O)(=O)N2CCc3ccccc32)cc1. The highest BCUT2D eigenvalue weighted by Gasteiger charge is 2.28. The van der Waals surface area contributed by atoms with Crippen LogP contribution in [-0.4, -0.2) is 15.0 Å². The third-order valence-electron chi connectivity index (χ3n) is 3.43. The Kier molecular flexibility index (Phi) is 3.14. The number of nitrogens with zero attached hydrogens (tertiary/aromatic N) is 1. The summed E-state index contributed by atoms with van der Waals surface area (Å²) < 4.78 is 29.0. The van der Waals surface area contributed by atoms with Crippen molar-refractivity contribution in [2.45, 2.75) is 13.3 Å². The summed E-state index contributed by atoms with van der Waals surface area (Å²) in [6.45, 7) is 2.45. The van der Waals surface area contributed by atoms with E-state index in [4.69, 9.17) is 0 Å². The van der Waals surface area contributed by atoms with Gasteiger partial charge in [-0.25, -0.2) is 0 Å². The van der Waals surface area contributed by atoms with Crippen LogP contribution in [-0.2, 0) is 16.6 Å². The summed E-state index contributed by atoms with van der Waals surface area (Å²) in [5.41, 5.74) is 3.52. The largest absolute Gasteiger partial charge is 0.323 e. The first-order valence-electron chi connectivity index (χ1n) is 6.51. The molecule has 1 aliphatic heterocycles. The fourth-order valence-electron chi connectivity index (χ4n) is 2.38. The molecule has 104 valence electrons. The van der Waals surface area contributed by atoms with Crippen LogP contribution in [0.5, 0.6) is 0 Å². The molecule has 1 heterocycles. The average Bonchev–Trinajstić information content (AvgIpc) is 2.86. The van der Waals surface area contributed by atoms with Crippen LogP contribution >= 0.6 is 0 Å². The number of aryl methyl sites for hydroxylation is 1. The first kappa shape index (κ1) is 13.0. The molecule has 0 saturated carbocycles. The molecular weight excluding hydrogens is 272 g/mol. The molecule has 1 N–H and O–H groups in total. The Morgan fingerprint density at radius 3 is 2.50 bits per heavy atom. The molecule has 4 nitrogen and oxygen atoms in total. The van der Waals surface area contributed by atoms with Gasteiger partial charge in [0.2, 0.25) is 0 Å². The van der Waals surface area contributed by atoms with Crippen molar-refractivity contribution in [1.82, 2.24) is 0 Å². The van der Waals surface area contributed by atoms with Crippen molar-refractivity contribution in [3.8, 4) is 0 Å². The quantitative estimate of drug-likeness (QED) is 0.944. The fraction of sp³-hybridized carbons (Fsp3) is 0.200. The first-order chi connectivity index (χ1) is 9.56. The van der Waals surface area contributed by atoms with Crippen LogP contribution in [0, 0.1) is 6.92 Å². The Labute approximate surface area is 119 Å². The van der Waals surface area contributed by atoms with Crippen molar-refractivity contribution in [1.29, 1.82) is 0 Å². The van der Waals surface area contributed by atoms with E-state index in [1.807, 2.05) is 43.3 Å². The van der Waals surface area contributed by atoms with E-state index in [1.54, 1.807) is 12.1 Å². The van der Waals surface area contributed by atoms with E-state index < -0.39 is 10.2 Å². The van der Waals surface area contributed by atoms with Gasteiger partial charge in [-0.3, -0.25) is 9.03 Å². The van der Waals surface area contributed by atoms with Crippen molar-refractivity contribution < 1.29 is 8.42 Å². The first-order valence-corrected chi connectivity index (χ1v) is 7.95. The smallest absolute Gasteiger partial charge is 0.267 e. The maximum Gasteiger partial charge on any atom is 0.323 e. The monoisotopic (exact) mass is 288 g/mol. The van der Waals surface area contributed by atoms with Gasteiger partial charge in [-0.2, -0.15) is 8.42 Å². The summed E-state index contributed by atoms with van der Waals surface area (Å²) in [5, 5.41) is 0. The minimum Gasteiger partial charge on any atom is -0.267 e. The minimum atomic E-state index is -3.56. The summed E-state index contributed by atoms with van der Waals surface area (Å²) in [5.74, 6) is 0. The Bertz CT molecular complexity index is 724. The van der Waals surface area contributed by atoms with E-state index in [0.717, 1.165) is 23.2 Å². The average molecular weight is 288 g/mol. The molecule has 0 aromatic heterocycles. The van der Waals surface area contributed by atoms with Gasteiger partial charge >= 0.3 is 10.2 Å². The van der Waals surface area contributed by atoms with Crippen molar-refractivity contribution in [2.24, 2.45) is 0 Å². The molecule has 0 radical (unpaired) electrons. The lowest BCUT2D eigenvalue weighted by Crippen LogP contribution is -2.34. The third-order valence-corrected chi connectivity index (χ3v) is 4.89. The Balaban J connectivity index is 1.88. The second kappa shape index (κ2) is 4.83. The number of fused-ring (bicyclic) bond motifs is 1. The molecule has 0 aliphatic carbocycles. The summed E-state index contributed by atoms with van der Waals surface area (Å²) >= 11 is 0. The van der Waals surface area contributed by atoms with Gasteiger partial charge in [-0.15, -0.1) is 0 Å². The lowest BCUT2D eigenvalue weighted by molar-refractivity contribution is 0.597. The molecule has 5 heteroatoms. The van der Waals surface area contributed by atoms with Crippen LogP contribution in [0.2, 0.25) is 0 Å². The Morgan fingerprint density at radius 1 is 1.05 bits per heavy atom. The van der Waals surface area contributed by atoms with Gasteiger partial charge in [0.05, 0.1) is 11.4 Å². The van der Waals surface area contributed by atoms with Gasteiger partial charge in [-0.05, 0) is 37.1 Å². The molecule has 2 aromatic rings. The minimum absolute atomic E-state index is 0.487. The molecule has 0 atom stereocenters. The van der Waals surface area contributed by atoms with Crippen molar-refractivity contribution in [3.63, 3.8) is 0 Å². The van der Waals surface area contributed by atoms with Gasteiger partial charge in [0.1, 0.15) is 0 Å². The second-order valence-electron chi connectivity index (χ2n) is 4.92. The molecule has 0 amide bonds. The summed E-state index contributed by atoms with van der Waals surface area (Å²) in [6.07, 6.45) is 0.755. The normalized spacial score (nSPS) is 14.2. The van der Waals surface area contributed by atoms with Crippen molar-refractivity contribution in [2.75, 3.05) is 15.6 Å². The molecule has 0 saturated heterocycles. The van der Waals surface area contributed by atoms with E-state index in [0.29, 0.717) is 12.2 Å². The number of rotatable bonds is 3. The van der Waals surface area contributed by atoms with Crippen molar-refractivity contribution in [3.05, 3.63) is 59.7 Å². The molecule has 2 aromatic carbocycles. The summed E-state index contributed by atoms with van der Waals surface area (Å²) in [4.78, 5) is 0. The maximum atomic E-state index is 12.5. The number of benzene rings is 2. The van der Waals surface area contributed by atoms with Gasteiger partial charge in [0.25, 0.3) is 0 Å². The topological polar surface area (TPSA) is 49.4 Å². The molecule has 0 unspecified atom stereocenters. The maximum absolute atomic E-state index is 12.5. The highest BCUT2D eigenvalue weighted by molar-refractivity contribution is 7.94. The van der Waals surface area contributed by atoms with E-state index in [1.165, 1.54) is 4.31 Å². The van der Waals surface area contributed by atoms with Crippen LogP contribution < -0.4 is 9.03 Å². The Hall–Kier alpha value is -2.01. The molecule has 20 heavy (non-hydrogen) atoms. The molecular formula is C15H16N2O2S. The molecule has 0 bridgehead atoms. The number of para-hydroxylation sites is 1. The van der Waals surface area contributed by atoms with Gasteiger partial charge < -0.3 is 0 Å². The van der Waals surface area contributed by atoms with Crippen LogP contribution in [0.1, 0.15) is 11.1 Å². The van der Waals surface area contributed by atoms with Gasteiger partial charge in [0, 0.05) is 6.54 Å². The van der Waals surface area contributed by atoms with E-state index in [2.05, 4.69) is 4.72 Å². The zero-order chi connectivity index (χ0) is 14.2. The number of hydrogen-bond donors (Lipinski definition) is 1. The van der Waals surface area contributed by atoms with Gasteiger partial charge in [0.15, 0.2) is 0 Å². The lowest BCUT2D eigenvalue weighted by atomic mass is 10.2. The molecule has 0 spiro atoms. The van der Waals surface area contributed by atoms with E-state index in [-0.39, 0.29) is 0 Å². The second-order valence-corrected chi connectivity index (χ2v) is 6.52. The van der Waals surface area contributed by atoms with Crippen LogP contribution in [0.4, 0.5) is 11.4 Å². The predicted molar refractivity (Wildman–Crippen MR) is 81.2 cm³/mol.